The molecule has 14 aromatic carbocycles. The fourth-order valence-electron chi connectivity index (χ4n) is 14.6. The standard InChI is InChI=1S/C90H54N8O2/c1-5-20-55(21-6-1)64-42-46-69-67-30-13-15-36-77(67)98(80(69)52-64)90-94-86(60-26-11-4-12-27-60)92-88(96-90)75-35-19-33-73-71-48-44-66(54-82(71)100-84(73)75)58-40-38-57(39-41-58)61-28-17-29-62(50-61)63-45-49-79-76(51-63)68-31-14-16-37-78(68)97(79)89-93-85(59-24-9-3-10-25-59)91-87(95-89)74-34-18-32-72-70-47-43-65(53-81(70)99-83(72)74)56-22-7-2-8-23-56/h1-54H. The molecule has 0 aliphatic carbocycles. The number of para-hydroxylation sites is 4. The van der Waals surface area contributed by atoms with Crippen LogP contribution in [0.4, 0.5) is 0 Å². The zero-order valence-electron chi connectivity index (χ0n) is 53.6. The van der Waals surface area contributed by atoms with Gasteiger partial charge in [0, 0.05) is 54.2 Å². The van der Waals surface area contributed by atoms with Crippen LogP contribution in [0.15, 0.2) is 336 Å². The zero-order chi connectivity index (χ0) is 65.8. The summed E-state index contributed by atoms with van der Waals surface area (Å²) < 4.78 is 18.1. The molecule has 10 heteroatoms. The molecular formula is C90H54N8O2. The second kappa shape index (κ2) is 23.0. The lowest BCUT2D eigenvalue weighted by Gasteiger charge is -2.11. The van der Waals surface area contributed by atoms with E-state index in [-0.39, 0.29) is 0 Å². The molecule has 0 N–H and O–H groups in total. The third kappa shape index (κ3) is 9.49. The number of aromatic nitrogens is 8. The van der Waals surface area contributed by atoms with Gasteiger partial charge in [0.05, 0.1) is 33.2 Å². The molecule has 0 spiro atoms. The number of rotatable bonds is 11. The van der Waals surface area contributed by atoms with Crippen molar-refractivity contribution in [3.05, 3.63) is 328 Å². The van der Waals surface area contributed by atoms with Gasteiger partial charge in [-0.15, -0.1) is 0 Å². The Morgan fingerprint density at radius 2 is 0.520 bits per heavy atom. The SMILES string of the molecule is c1ccc(-c2ccc3c(c2)oc2c(-c4nc(-c5ccccc5)nc(-n5c6ccccc6c6cc(-c7cccc(-c8ccc(-c9ccc%10c(c9)oc9c(-c%11nc(-c%12ccccc%12)nc(-n%12c%13ccccc%13c%13ccc(-c%14ccccc%14)cc%13%12)n%11)cccc9%10)cc8)c7)ccc65)n4)cccc23)cc1. The van der Waals surface area contributed by atoms with Crippen molar-refractivity contribution in [1.29, 1.82) is 0 Å². The molecule has 0 aliphatic heterocycles. The molecule has 6 heterocycles. The first kappa shape index (κ1) is 56.6. The number of hydrogen-bond donors (Lipinski definition) is 0. The quantitative estimate of drug-likeness (QED) is 0.126. The van der Waals surface area contributed by atoms with E-state index in [1.54, 1.807) is 0 Å². The molecule has 100 heavy (non-hydrogen) atoms. The molecule has 0 unspecified atom stereocenters. The molecule has 0 radical (unpaired) electrons. The summed E-state index contributed by atoms with van der Waals surface area (Å²) in [6.07, 6.45) is 0. The highest BCUT2D eigenvalue weighted by Crippen LogP contribution is 2.43. The molecule has 0 saturated carbocycles. The van der Waals surface area contributed by atoms with Gasteiger partial charge in [0.1, 0.15) is 22.3 Å². The summed E-state index contributed by atoms with van der Waals surface area (Å²) in [5.74, 6) is 3.20. The van der Waals surface area contributed by atoms with Gasteiger partial charge in [-0.25, -0.2) is 9.97 Å². The van der Waals surface area contributed by atoms with Crippen molar-refractivity contribution >= 4 is 87.5 Å². The fraction of sp³-hybridized carbons (Fsp3) is 0. The second-order valence-electron chi connectivity index (χ2n) is 25.3. The Morgan fingerprint density at radius 3 is 1.04 bits per heavy atom. The van der Waals surface area contributed by atoms with E-state index in [1.165, 1.54) is 0 Å². The predicted molar refractivity (Wildman–Crippen MR) is 405 cm³/mol. The van der Waals surface area contributed by atoms with Crippen molar-refractivity contribution in [2.24, 2.45) is 0 Å². The lowest BCUT2D eigenvalue weighted by Crippen LogP contribution is -2.06. The molecule has 0 saturated heterocycles. The van der Waals surface area contributed by atoms with E-state index >= 15 is 0 Å². The summed E-state index contributed by atoms with van der Waals surface area (Å²) in [4.78, 5) is 31.6. The van der Waals surface area contributed by atoms with Crippen molar-refractivity contribution < 1.29 is 8.83 Å². The van der Waals surface area contributed by atoms with Crippen LogP contribution in [0.3, 0.4) is 0 Å². The van der Waals surface area contributed by atoms with E-state index in [0.717, 1.165) is 160 Å². The topological polar surface area (TPSA) is 113 Å². The van der Waals surface area contributed by atoms with Crippen LogP contribution >= 0.6 is 0 Å². The molecule has 0 atom stereocenters. The van der Waals surface area contributed by atoms with Gasteiger partial charge in [0.25, 0.3) is 0 Å². The summed E-state index contributed by atoms with van der Waals surface area (Å²) in [7, 11) is 0. The molecule has 0 amide bonds. The van der Waals surface area contributed by atoms with Gasteiger partial charge in [0.2, 0.25) is 11.9 Å². The highest BCUT2D eigenvalue weighted by Gasteiger charge is 2.24. The molecule has 20 rings (SSSR count). The van der Waals surface area contributed by atoms with Crippen molar-refractivity contribution in [3.63, 3.8) is 0 Å². The largest absolute Gasteiger partial charge is 0.455 e. The van der Waals surface area contributed by atoms with E-state index in [2.05, 4.69) is 252 Å². The Morgan fingerprint density at radius 1 is 0.190 bits per heavy atom. The Balaban J connectivity index is 0.630. The summed E-state index contributed by atoms with van der Waals surface area (Å²) in [6.45, 7) is 0. The molecule has 0 aliphatic rings. The van der Waals surface area contributed by atoms with Crippen molar-refractivity contribution in [3.8, 4) is 113 Å². The lowest BCUT2D eigenvalue weighted by molar-refractivity contribution is 0.669. The van der Waals surface area contributed by atoms with Gasteiger partial charge in [-0.2, -0.15) is 19.9 Å². The first-order valence-corrected chi connectivity index (χ1v) is 33.5. The minimum atomic E-state index is 0.512. The fourth-order valence-corrected chi connectivity index (χ4v) is 14.6. The summed E-state index contributed by atoms with van der Waals surface area (Å²) in [5, 5.41) is 8.42. The van der Waals surface area contributed by atoms with Crippen LogP contribution in [-0.4, -0.2) is 39.0 Å². The third-order valence-corrected chi connectivity index (χ3v) is 19.5. The number of furan rings is 2. The van der Waals surface area contributed by atoms with Crippen LogP contribution in [0.25, 0.3) is 201 Å². The monoisotopic (exact) mass is 1280 g/mol. The van der Waals surface area contributed by atoms with Crippen LogP contribution in [0.1, 0.15) is 0 Å². The van der Waals surface area contributed by atoms with Gasteiger partial charge in [-0.3, -0.25) is 9.13 Å². The van der Waals surface area contributed by atoms with Crippen LogP contribution in [-0.2, 0) is 0 Å². The average molecular weight is 1280 g/mol. The third-order valence-electron chi connectivity index (χ3n) is 19.5. The van der Waals surface area contributed by atoms with Gasteiger partial charge < -0.3 is 8.83 Å². The maximum Gasteiger partial charge on any atom is 0.238 e. The summed E-state index contributed by atoms with van der Waals surface area (Å²) in [5.41, 5.74) is 21.3. The lowest BCUT2D eigenvalue weighted by atomic mass is 9.96. The highest BCUT2D eigenvalue weighted by atomic mass is 16.3. The van der Waals surface area contributed by atoms with Crippen LogP contribution in [0, 0.1) is 0 Å². The van der Waals surface area contributed by atoms with E-state index < -0.39 is 0 Å². The van der Waals surface area contributed by atoms with Crippen LogP contribution < -0.4 is 0 Å². The molecule has 6 aromatic heterocycles. The Labute approximate surface area is 572 Å². The minimum absolute atomic E-state index is 0.512. The Kier molecular flexibility index (Phi) is 13.0. The van der Waals surface area contributed by atoms with Gasteiger partial charge in [-0.1, -0.05) is 255 Å². The molecule has 10 nitrogen and oxygen atoms in total. The molecular weight excluding hydrogens is 1230 g/mol. The number of fused-ring (bicyclic) bond motifs is 12. The number of hydrogen-bond acceptors (Lipinski definition) is 8. The highest BCUT2D eigenvalue weighted by molar-refractivity contribution is 6.14. The van der Waals surface area contributed by atoms with Crippen LogP contribution in [0.2, 0.25) is 0 Å². The first-order chi connectivity index (χ1) is 49.5. The predicted octanol–water partition coefficient (Wildman–Crippen LogP) is 23.1. The van der Waals surface area contributed by atoms with Gasteiger partial charge in [0.15, 0.2) is 23.3 Å². The minimum Gasteiger partial charge on any atom is -0.455 e. The first-order valence-electron chi connectivity index (χ1n) is 33.5. The van der Waals surface area contributed by atoms with E-state index in [0.29, 0.717) is 40.8 Å². The van der Waals surface area contributed by atoms with E-state index in [4.69, 9.17) is 38.7 Å². The number of benzene rings is 14. The Hall–Kier alpha value is -13.7. The smallest absolute Gasteiger partial charge is 0.238 e. The van der Waals surface area contributed by atoms with Crippen molar-refractivity contribution in [2.45, 2.75) is 0 Å². The molecule has 466 valence electrons. The van der Waals surface area contributed by atoms with E-state index in [1.807, 2.05) is 84.9 Å². The normalized spacial score (nSPS) is 11.8. The summed E-state index contributed by atoms with van der Waals surface area (Å²) >= 11 is 0. The number of nitrogens with zero attached hydrogens (tertiary/aromatic N) is 8. The maximum absolute atomic E-state index is 6.96. The zero-order valence-corrected chi connectivity index (χ0v) is 53.6. The van der Waals surface area contributed by atoms with E-state index in [9.17, 15) is 0 Å². The maximum atomic E-state index is 6.96. The molecule has 0 fully saturated rings. The van der Waals surface area contributed by atoms with Crippen molar-refractivity contribution in [1.82, 2.24) is 39.0 Å². The van der Waals surface area contributed by atoms with Crippen LogP contribution in [0.5, 0.6) is 0 Å². The molecule has 20 aromatic rings. The second-order valence-corrected chi connectivity index (χ2v) is 25.3. The molecule has 0 bridgehead atoms. The Bertz CT molecular complexity index is 6640. The van der Waals surface area contributed by atoms with Gasteiger partial charge in [-0.05, 0) is 128 Å². The average Bonchev–Trinajstić information content (AvgIpc) is 1.58. The van der Waals surface area contributed by atoms with Gasteiger partial charge >= 0.3 is 0 Å². The summed E-state index contributed by atoms with van der Waals surface area (Å²) in [6, 6.07) is 114. The van der Waals surface area contributed by atoms with Crippen molar-refractivity contribution in [2.75, 3.05) is 0 Å².